The molecular formula is C101H142N5+5. The van der Waals surface area contributed by atoms with Crippen LogP contribution in [0, 0.1) is 62.2 Å². The third kappa shape index (κ3) is 20.8. The van der Waals surface area contributed by atoms with E-state index >= 15 is 0 Å². The summed E-state index contributed by atoms with van der Waals surface area (Å²) in [5.74, 6) is 0. The minimum Gasteiger partial charge on any atom is -0.201 e. The van der Waals surface area contributed by atoms with Crippen LogP contribution in [0.5, 0.6) is 0 Å². The number of nitrogens with zero attached hydrogens (tertiary/aromatic N) is 5. The standard InChI is InChI=1S/C26H40N.3C19H26N.C18H24N/c1-10-25(7,11-2)22-17-24(21-15-14-19(5)16-20(21)6)27(9)18-23(22)26(8,12-3)13-4;2*1-7-19(4,5)16-9-11-18(20(6)13-16)17-10-8-14(2)12-15(17)3;1-7-19(4,5)17-13-20(6)18(12-15(17)3)16-11-9-8-10-14(16)2;1-6-18(3,4)15-11-12-17(19(5)13-15)16-10-8-7-9-14(16)2/h14-18H,10-13H2,1-9H3;3*8-13H,7H2,1-6H3;7-13H,6H2,1-5H3/q5*+1/i5D3;2D3;;;. The maximum Gasteiger partial charge on any atom is 0.212 e. The molecule has 10 aromatic rings. The van der Waals surface area contributed by atoms with Gasteiger partial charge in [0.1, 0.15) is 35.2 Å². The third-order valence-corrected chi connectivity index (χ3v) is 24.7. The Hall–Kier alpha value is -8.15. The van der Waals surface area contributed by atoms with Crippen molar-refractivity contribution in [3.63, 3.8) is 0 Å². The highest BCUT2D eigenvalue weighted by atomic mass is 14.9. The van der Waals surface area contributed by atoms with Crippen molar-refractivity contribution in [1.29, 1.82) is 0 Å². The Morgan fingerprint density at radius 3 is 0.877 bits per heavy atom. The molecular weight excluding hydrogens is 1280 g/mol. The van der Waals surface area contributed by atoms with Crippen molar-refractivity contribution in [2.45, 2.75) is 271 Å². The first-order valence-corrected chi connectivity index (χ1v) is 39.6. The zero-order valence-corrected chi connectivity index (χ0v) is 71.7. The fourth-order valence-electron chi connectivity index (χ4n) is 14.3. The predicted molar refractivity (Wildman–Crippen MR) is 457 cm³/mol. The van der Waals surface area contributed by atoms with E-state index in [4.69, 9.17) is 8.22 Å². The van der Waals surface area contributed by atoms with E-state index in [1.807, 2.05) is 39.1 Å². The summed E-state index contributed by atoms with van der Waals surface area (Å²) in [6, 6.07) is 52.8. The Bertz CT molecular complexity index is 4840. The lowest BCUT2D eigenvalue weighted by Crippen LogP contribution is -2.38. The second kappa shape index (κ2) is 36.6. The zero-order chi connectivity index (χ0) is 84.2. The summed E-state index contributed by atoms with van der Waals surface area (Å²) >= 11 is 0. The molecule has 0 saturated carbocycles. The first-order valence-electron chi connectivity index (χ1n) is 42.6. The van der Waals surface area contributed by atoms with Gasteiger partial charge in [0.2, 0.25) is 28.5 Å². The molecule has 0 unspecified atom stereocenters. The monoisotopic (exact) mass is 1430 g/mol. The molecule has 5 aromatic carbocycles. The van der Waals surface area contributed by atoms with Gasteiger partial charge in [-0.2, -0.15) is 0 Å². The lowest BCUT2D eigenvalue weighted by molar-refractivity contribution is -0.661. The second-order valence-electron chi connectivity index (χ2n) is 33.7. The van der Waals surface area contributed by atoms with Crippen LogP contribution in [0.2, 0.25) is 0 Å². The fraction of sp³-hybridized carbons (Fsp3) is 0.455. The predicted octanol–water partition coefficient (Wildman–Crippen LogP) is 24.6. The SMILES string of the molecule is CCC(C)(C)c1c[n+](C)c(-c2ccccc2C)cc1C.CCC(C)(C)c1ccc(-c2ccc(C)cc2C)[n+](C)c1.CCC(C)(C)c1ccc(-c2ccccc2C)[n+](C)c1.[2H]C([2H])([2H])c1ccc(-c2cc(C(C)(CC)CC)c(C(C)(CC)CC)c[n+]2C)c(C)c1.[2H]C([2H])([2H])c1ccc(-c2ccc(C(C)(C)CC)c[n+]2C)c(C)c1. The number of aryl methyl sites for hydroxylation is 14. The van der Waals surface area contributed by atoms with E-state index in [2.05, 4.69) is 357 Å². The van der Waals surface area contributed by atoms with Gasteiger partial charge in [0.25, 0.3) is 0 Å². The Balaban J connectivity index is 0.000000221. The van der Waals surface area contributed by atoms with E-state index in [1.165, 1.54) is 95.0 Å². The highest BCUT2D eigenvalue weighted by molar-refractivity contribution is 5.66. The maximum absolute atomic E-state index is 7.72. The summed E-state index contributed by atoms with van der Waals surface area (Å²) in [4.78, 5) is 0. The quantitative estimate of drug-likeness (QED) is 0.0719. The van der Waals surface area contributed by atoms with Crippen LogP contribution in [0.15, 0.2) is 183 Å². The molecule has 0 amide bonds. The molecule has 0 atom stereocenters. The molecule has 0 spiro atoms. The zero-order valence-electron chi connectivity index (χ0n) is 77.7. The Morgan fingerprint density at radius 1 is 0.255 bits per heavy atom. The summed E-state index contributed by atoms with van der Waals surface area (Å²) in [6.07, 6.45) is 20.3. The Labute approximate surface area is 655 Å². The van der Waals surface area contributed by atoms with Crippen molar-refractivity contribution in [3.8, 4) is 56.3 Å². The average Bonchev–Trinajstić information content (AvgIpc) is 0.751. The summed E-state index contributed by atoms with van der Waals surface area (Å²) in [7, 11) is 10.6. The molecule has 0 aliphatic heterocycles. The molecule has 10 rings (SSSR count). The number of pyridine rings is 5. The highest BCUT2D eigenvalue weighted by Crippen LogP contribution is 2.43. The van der Waals surface area contributed by atoms with Gasteiger partial charge in [-0.3, -0.25) is 0 Å². The molecule has 566 valence electrons. The molecule has 0 bridgehead atoms. The highest BCUT2D eigenvalue weighted by Gasteiger charge is 2.37. The third-order valence-electron chi connectivity index (χ3n) is 24.7. The number of rotatable bonds is 19. The van der Waals surface area contributed by atoms with Gasteiger partial charge in [-0.15, -0.1) is 0 Å². The summed E-state index contributed by atoms with van der Waals surface area (Å²) in [5.41, 5.74) is 31.2. The van der Waals surface area contributed by atoms with Crippen LogP contribution < -0.4 is 22.8 Å². The van der Waals surface area contributed by atoms with E-state index in [-0.39, 0.29) is 32.5 Å². The molecule has 5 aromatic heterocycles. The molecule has 0 N–H and O–H groups in total. The van der Waals surface area contributed by atoms with Crippen molar-refractivity contribution < 1.29 is 31.1 Å². The minimum atomic E-state index is -2.08. The van der Waals surface area contributed by atoms with Crippen LogP contribution in [0.4, 0.5) is 0 Å². The number of hydrogen-bond donors (Lipinski definition) is 0. The molecule has 5 nitrogen and oxygen atoms in total. The van der Waals surface area contributed by atoms with Crippen LogP contribution >= 0.6 is 0 Å². The first kappa shape index (κ1) is 77.5. The summed E-state index contributed by atoms with van der Waals surface area (Å²) in [5, 5.41) is 0. The molecule has 0 aliphatic rings. The van der Waals surface area contributed by atoms with Crippen LogP contribution in [-0.2, 0) is 67.7 Å². The molecule has 106 heavy (non-hydrogen) atoms. The first-order chi connectivity index (χ1) is 52.1. The van der Waals surface area contributed by atoms with Crippen LogP contribution in [0.1, 0.15) is 268 Å². The lowest BCUT2D eigenvalue weighted by atomic mass is 9.68. The maximum atomic E-state index is 7.72. The van der Waals surface area contributed by atoms with Gasteiger partial charge in [0.15, 0.2) is 31.0 Å². The van der Waals surface area contributed by atoms with E-state index in [1.54, 1.807) is 18.2 Å². The topological polar surface area (TPSA) is 19.4 Å². The Morgan fingerprint density at radius 2 is 0.547 bits per heavy atom. The van der Waals surface area contributed by atoms with Crippen molar-refractivity contribution in [2.75, 3.05) is 0 Å². The number of hydrogen-bond acceptors (Lipinski definition) is 0. The van der Waals surface area contributed by atoms with Crippen molar-refractivity contribution in [3.05, 3.63) is 266 Å². The van der Waals surface area contributed by atoms with E-state index < -0.39 is 13.7 Å². The number of aromatic nitrogens is 5. The van der Waals surface area contributed by atoms with Gasteiger partial charge in [-0.25, -0.2) is 22.8 Å². The van der Waals surface area contributed by atoms with Crippen LogP contribution in [-0.4, -0.2) is 0 Å². The van der Waals surface area contributed by atoms with E-state index in [0.717, 1.165) is 85.0 Å². The molecule has 0 radical (unpaired) electrons. The van der Waals surface area contributed by atoms with Gasteiger partial charge in [0.05, 0.1) is 0 Å². The smallest absolute Gasteiger partial charge is 0.201 e. The van der Waals surface area contributed by atoms with Crippen molar-refractivity contribution >= 4 is 0 Å². The minimum absolute atomic E-state index is 0.108. The molecule has 0 aliphatic carbocycles. The van der Waals surface area contributed by atoms with Crippen molar-refractivity contribution in [1.82, 2.24) is 0 Å². The van der Waals surface area contributed by atoms with Crippen molar-refractivity contribution in [2.24, 2.45) is 35.2 Å². The molecule has 5 heterocycles. The molecule has 0 saturated heterocycles. The second-order valence-corrected chi connectivity index (χ2v) is 33.7. The molecule has 5 heteroatoms. The van der Waals surface area contributed by atoms with Gasteiger partial charge >= 0.3 is 0 Å². The lowest BCUT2D eigenvalue weighted by Gasteiger charge is -2.36. The largest absolute Gasteiger partial charge is 0.212 e. The summed E-state index contributed by atoms with van der Waals surface area (Å²) in [6.45, 7) is 52.0. The van der Waals surface area contributed by atoms with E-state index in [9.17, 15) is 0 Å². The average molecular weight is 1430 g/mol. The van der Waals surface area contributed by atoms with E-state index in [0.29, 0.717) is 11.1 Å². The van der Waals surface area contributed by atoms with Gasteiger partial charge in [-0.05, 0) is 234 Å². The fourth-order valence-corrected chi connectivity index (χ4v) is 14.3. The van der Waals surface area contributed by atoms with Gasteiger partial charge in [0, 0.05) is 94.2 Å². The normalized spacial score (nSPS) is 13.0. The Kier molecular flexibility index (Phi) is 26.8. The number of benzene rings is 5. The van der Waals surface area contributed by atoms with Gasteiger partial charge in [-0.1, -0.05) is 214 Å². The van der Waals surface area contributed by atoms with Gasteiger partial charge < -0.3 is 0 Å². The summed E-state index contributed by atoms with van der Waals surface area (Å²) < 4.78 is 56.9. The van der Waals surface area contributed by atoms with Crippen LogP contribution in [0.25, 0.3) is 56.3 Å². The van der Waals surface area contributed by atoms with Crippen LogP contribution in [0.3, 0.4) is 0 Å². The molecule has 0 fully saturated rings.